The number of aromatic hydroxyl groups is 4. The zero-order valence-electron chi connectivity index (χ0n) is 39.7. The number of rotatable bonds is 13. The molecule has 0 unspecified atom stereocenters. The monoisotopic (exact) mass is 1040 g/mol. The Morgan fingerprint density at radius 2 is 1.08 bits per heavy atom. The quantitative estimate of drug-likeness (QED) is 0.0864. The van der Waals surface area contributed by atoms with Gasteiger partial charge >= 0.3 is 0 Å². The predicted octanol–water partition coefficient (Wildman–Crippen LogP) is 13.0. The summed E-state index contributed by atoms with van der Waals surface area (Å²) in [5.74, 6) is 5.31. The van der Waals surface area contributed by atoms with E-state index in [2.05, 4.69) is 78.2 Å². The first kappa shape index (κ1) is 47.5. The molecule has 1 atom stereocenters. The average molecular weight is 1040 g/mol. The number of thiophene rings is 2. The maximum Gasteiger partial charge on any atom is 0.180 e. The van der Waals surface area contributed by atoms with Gasteiger partial charge in [0.25, 0.3) is 0 Å². The van der Waals surface area contributed by atoms with Crippen molar-refractivity contribution >= 4 is 45.8 Å². The minimum atomic E-state index is -0.135. The van der Waals surface area contributed by atoms with Crippen molar-refractivity contribution in [3.05, 3.63) is 155 Å². The fraction of sp³-hybridized carbons (Fsp3) is 0.193. The number of allylic oxidation sites excluding steroid dienone is 2. The number of benzene rings is 5. The van der Waals surface area contributed by atoms with Gasteiger partial charge in [0, 0.05) is 52.0 Å². The normalized spacial score (nSPS) is 16.5. The molecule has 5 heterocycles. The number of nitrogens with zero attached hydrogens (tertiary/aromatic N) is 1. The molecule has 73 heavy (non-hydrogen) atoms. The first-order valence-corrected chi connectivity index (χ1v) is 26.1. The Bertz CT molecular complexity index is 3180. The van der Waals surface area contributed by atoms with Gasteiger partial charge in [0.2, 0.25) is 0 Å². The lowest BCUT2D eigenvalue weighted by molar-refractivity contribution is 0.0600. The van der Waals surface area contributed by atoms with Crippen LogP contribution in [0.1, 0.15) is 12.0 Å². The molecule has 0 saturated carbocycles. The van der Waals surface area contributed by atoms with Gasteiger partial charge in [-0.25, -0.2) is 0 Å². The first-order chi connectivity index (χ1) is 35.6. The van der Waals surface area contributed by atoms with E-state index in [9.17, 15) is 20.4 Å². The van der Waals surface area contributed by atoms with Gasteiger partial charge in [0.05, 0.1) is 44.7 Å². The van der Waals surface area contributed by atoms with Crippen LogP contribution in [0.15, 0.2) is 150 Å². The van der Waals surface area contributed by atoms with Crippen molar-refractivity contribution in [3.8, 4) is 99.3 Å². The average Bonchev–Trinajstić information content (AvgIpc) is 4.00. The van der Waals surface area contributed by atoms with Crippen molar-refractivity contribution in [2.45, 2.75) is 18.2 Å². The van der Waals surface area contributed by atoms with E-state index in [1.54, 1.807) is 73.3 Å². The van der Waals surface area contributed by atoms with Crippen molar-refractivity contribution in [2.24, 2.45) is 0 Å². The Morgan fingerprint density at radius 3 is 1.56 bits per heavy atom. The molecule has 0 radical (unpaired) electrons. The highest BCUT2D eigenvalue weighted by molar-refractivity contribution is 8.02. The fourth-order valence-corrected chi connectivity index (χ4v) is 12.8. The van der Waals surface area contributed by atoms with Crippen LogP contribution in [-0.4, -0.2) is 80.3 Å². The third-order valence-electron chi connectivity index (χ3n) is 12.7. The Morgan fingerprint density at radius 1 is 0.603 bits per heavy atom. The summed E-state index contributed by atoms with van der Waals surface area (Å²) in [7, 11) is 3.16. The molecule has 4 N–H and O–H groups in total. The van der Waals surface area contributed by atoms with Gasteiger partial charge in [0.1, 0.15) is 74.1 Å². The van der Waals surface area contributed by atoms with E-state index in [0.717, 1.165) is 63.6 Å². The van der Waals surface area contributed by atoms with E-state index in [4.69, 9.17) is 37.9 Å². The van der Waals surface area contributed by atoms with Crippen LogP contribution in [0, 0.1) is 0 Å². The molecule has 2 aromatic heterocycles. The number of hydrogen-bond donors (Lipinski definition) is 4. The summed E-state index contributed by atoms with van der Waals surface area (Å²) in [4.78, 5) is 6.67. The minimum absolute atomic E-state index is 0.00747. The zero-order valence-corrected chi connectivity index (χ0v) is 42.2. The largest absolute Gasteiger partial charge is 0.508 e. The van der Waals surface area contributed by atoms with Crippen LogP contribution in [0.2, 0.25) is 0 Å². The van der Waals surface area contributed by atoms with E-state index in [-0.39, 0.29) is 29.0 Å². The number of anilines is 2. The Balaban J connectivity index is 0.958. The molecule has 4 aliphatic rings. The van der Waals surface area contributed by atoms with Gasteiger partial charge in [0.15, 0.2) is 34.5 Å². The number of ether oxygens (including phenoxy) is 8. The molecule has 1 fully saturated rings. The third kappa shape index (κ3) is 9.33. The van der Waals surface area contributed by atoms with E-state index in [0.29, 0.717) is 103 Å². The highest BCUT2D eigenvalue weighted by atomic mass is 32.2. The number of fused-ring (bicyclic) bond motifs is 2. The Kier molecular flexibility index (Phi) is 13.3. The lowest BCUT2D eigenvalue weighted by Gasteiger charge is -2.34. The molecule has 7 aromatic rings. The van der Waals surface area contributed by atoms with Gasteiger partial charge in [-0.15, -0.1) is 34.4 Å². The van der Waals surface area contributed by atoms with Gasteiger partial charge < -0.3 is 63.2 Å². The molecular weight excluding hydrogens is 987 g/mol. The SMILES string of the molecule is C=C1OCCO/C1=C(/SCc1ccc(O)cc1O)C1=CC[C@@H](N(c2ccc(-c3sc(-c4ccc(O)cc4OC)c4c3OCCO4)cc2)c2ccc(-c3sc(-c4ccc(O)cc4OC)c4c3OCCO4)cc2)C=C1. The van der Waals surface area contributed by atoms with Crippen LogP contribution in [0.5, 0.6) is 57.5 Å². The summed E-state index contributed by atoms with van der Waals surface area (Å²) in [6.07, 6.45) is 7.11. The summed E-state index contributed by atoms with van der Waals surface area (Å²) in [6, 6.07) is 31.5. The third-order valence-corrected chi connectivity index (χ3v) is 16.3. The summed E-state index contributed by atoms with van der Waals surface area (Å²) >= 11 is 4.60. The molecule has 5 aromatic carbocycles. The van der Waals surface area contributed by atoms with Crippen LogP contribution < -0.4 is 33.3 Å². The van der Waals surface area contributed by atoms with Gasteiger partial charge in [-0.05, 0) is 77.7 Å². The summed E-state index contributed by atoms with van der Waals surface area (Å²) < 4.78 is 48.5. The molecule has 1 aliphatic carbocycles. The molecule has 13 nitrogen and oxygen atoms in total. The van der Waals surface area contributed by atoms with Gasteiger partial charge in [-0.2, -0.15) is 0 Å². The molecule has 11 rings (SSSR count). The molecule has 1 saturated heterocycles. The maximum atomic E-state index is 10.7. The first-order valence-electron chi connectivity index (χ1n) is 23.5. The number of phenols is 4. The van der Waals surface area contributed by atoms with E-state index < -0.39 is 0 Å². The van der Waals surface area contributed by atoms with Crippen molar-refractivity contribution in [1.82, 2.24) is 0 Å². The van der Waals surface area contributed by atoms with Gasteiger partial charge in [-0.1, -0.05) is 55.1 Å². The van der Waals surface area contributed by atoms with Crippen LogP contribution in [-0.2, 0) is 15.2 Å². The standard InChI is InChI=1S/C57H49NO12S3/c1-32-48(66-23-22-65-32)53(71-31-36-10-17-40(59)28-45(36)62)33-4-11-37(12-5-33)58(38-13-6-34(7-14-38)54-49-51(69-26-24-67-49)56(72-54)43-20-18-41(60)29-46(43)63-2)39-15-8-35(9-16-39)55-50-52(70-27-25-68-50)57(73-55)44-21-19-42(61)30-47(44)64-3/h4-11,13-21,28-30,37,59-62H,1,12,22-27,31H2,2-3H3/b53-48+/t37-/m0/s1. The zero-order chi connectivity index (χ0) is 50.2. The van der Waals surface area contributed by atoms with Crippen molar-refractivity contribution < 1.29 is 58.3 Å². The topological polar surface area (TPSA) is 158 Å². The van der Waals surface area contributed by atoms with Crippen molar-refractivity contribution in [3.63, 3.8) is 0 Å². The van der Waals surface area contributed by atoms with E-state index in [1.807, 2.05) is 12.1 Å². The molecule has 0 spiro atoms. The molecule has 0 amide bonds. The van der Waals surface area contributed by atoms with E-state index >= 15 is 0 Å². The smallest absolute Gasteiger partial charge is 0.180 e. The number of thioether (sulfide) groups is 1. The number of methoxy groups -OCH3 is 2. The second kappa shape index (κ2) is 20.4. The molecule has 16 heteroatoms. The van der Waals surface area contributed by atoms with Gasteiger partial charge in [-0.3, -0.25) is 0 Å². The second-order valence-electron chi connectivity index (χ2n) is 17.2. The van der Waals surface area contributed by atoms with Crippen LogP contribution in [0.3, 0.4) is 0 Å². The molecular formula is C57H49NO12S3. The summed E-state index contributed by atoms with van der Waals surface area (Å²) in [5.41, 5.74) is 6.98. The highest BCUT2D eigenvalue weighted by Gasteiger charge is 2.31. The summed E-state index contributed by atoms with van der Waals surface area (Å²) in [6.45, 7) is 6.58. The van der Waals surface area contributed by atoms with Crippen molar-refractivity contribution in [1.29, 1.82) is 0 Å². The summed E-state index contributed by atoms with van der Waals surface area (Å²) in [5, 5.41) is 41.1. The molecule has 372 valence electrons. The van der Waals surface area contributed by atoms with Crippen LogP contribution in [0.4, 0.5) is 11.4 Å². The van der Waals surface area contributed by atoms with Crippen LogP contribution >= 0.6 is 34.4 Å². The van der Waals surface area contributed by atoms with Crippen LogP contribution in [0.25, 0.3) is 41.8 Å². The fourth-order valence-electron chi connectivity index (χ4n) is 9.17. The number of hydrogen-bond acceptors (Lipinski definition) is 16. The predicted molar refractivity (Wildman–Crippen MR) is 286 cm³/mol. The lowest BCUT2D eigenvalue weighted by atomic mass is 9.98. The Labute approximate surface area is 433 Å². The number of phenolic OH excluding ortho intramolecular Hbond substituents is 4. The molecule has 3 aliphatic heterocycles. The van der Waals surface area contributed by atoms with E-state index in [1.165, 1.54) is 17.8 Å². The van der Waals surface area contributed by atoms with Crippen molar-refractivity contribution in [2.75, 3.05) is 58.8 Å². The minimum Gasteiger partial charge on any atom is -0.508 e. The lowest BCUT2D eigenvalue weighted by Crippen LogP contribution is -2.30. The molecule has 0 bridgehead atoms. The second-order valence-corrected chi connectivity index (χ2v) is 20.2. The Hall–Kier alpha value is -7.79. The highest BCUT2D eigenvalue weighted by Crippen LogP contribution is 2.57. The maximum absolute atomic E-state index is 10.7.